The van der Waals surface area contributed by atoms with Crippen molar-refractivity contribution in [1.29, 1.82) is 0 Å². The molecule has 8 heteroatoms. The van der Waals surface area contributed by atoms with Crippen LogP contribution in [-0.2, 0) is 9.53 Å². The van der Waals surface area contributed by atoms with Gasteiger partial charge in [0.2, 0.25) is 0 Å². The van der Waals surface area contributed by atoms with Gasteiger partial charge < -0.3 is 9.47 Å². The maximum absolute atomic E-state index is 12.9. The smallest absolute Gasteiger partial charge is 0.344 e. The Morgan fingerprint density at radius 3 is 2.46 bits per heavy atom. The Morgan fingerprint density at radius 1 is 1.04 bits per heavy atom. The van der Waals surface area contributed by atoms with E-state index >= 15 is 0 Å². The number of hydrogen-bond donors (Lipinski definition) is 0. The zero-order valence-electron chi connectivity index (χ0n) is 14.7. The van der Waals surface area contributed by atoms with Crippen LogP contribution in [0, 0.1) is 12.7 Å². The van der Waals surface area contributed by atoms with E-state index in [1.165, 1.54) is 18.2 Å². The number of halogens is 3. The highest BCUT2D eigenvalue weighted by atomic mass is 35.5. The van der Waals surface area contributed by atoms with Crippen LogP contribution in [0.1, 0.15) is 16.1 Å². The number of aryl methyl sites for hydroxylation is 1. The number of pyridine rings is 1. The maximum Gasteiger partial charge on any atom is 0.344 e. The Hall–Kier alpha value is -2.70. The minimum Gasteiger partial charge on any atom is -0.478 e. The Bertz CT molecular complexity index is 1050. The summed E-state index contributed by atoms with van der Waals surface area (Å²) in [6.45, 7) is 0.844. The number of hydrogen-bond acceptors (Lipinski definition) is 5. The summed E-state index contributed by atoms with van der Waals surface area (Å²) in [5, 5.41) is 1.24. The Morgan fingerprint density at radius 2 is 1.75 bits per heavy atom. The topological polar surface area (TPSA) is 65.5 Å². The number of carbonyl (C=O) groups is 2. The molecule has 1 aromatic heterocycles. The average molecular weight is 422 g/mol. The Balaban J connectivity index is 1.65. The van der Waals surface area contributed by atoms with E-state index in [4.69, 9.17) is 32.7 Å². The highest BCUT2D eigenvalue weighted by molar-refractivity contribution is 6.39. The molecule has 3 aromatic rings. The molecule has 0 aliphatic rings. The molecule has 0 aliphatic carbocycles. The SMILES string of the molecule is Cc1ccc2c(Cl)cc(Cl)c(OCC(=O)OCC(=O)c3ccc(F)cc3)c2n1. The number of aromatic nitrogens is 1. The molecule has 28 heavy (non-hydrogen) atoms. The van der Waals surface area contributed by atoms with Gasteiger partial charge in [0.05, 0.1) is 10.0 Å². The first kappa shape index (κ1) is 20.0. The number of ether oxygens (including phenoxy) is 2. The van der Waals surface area contributed by atoms with Crippen molar-refractivity contribution in [3.05, 3.63) is 69.6 Å². The molecule has 0 aliphatic heterocycles. The van der Waals surface area contributed by atoms with Crippen molar-refractivity contribution in [3.63, 3.8) is 0 Å². The van der Waals surface area contributed by atoms with Crippen molar-refractivity contribution < 1.29 is 23.5 Å². The van der Waals surface area contributed by atoms with E-state index < -0.39 is 30.8 Å². The predicted molar refractivity (Wildman–Crippen MR) is 104 cm³/mol. The number of carbonyl (C=O) groups excluding carboxylic acids is 2. The Kier molecular flexibility index (Phi) is 6.11. The van der Waals surface area contributed by atoms with Gasteiger partial charge in [0.25, 0.3) is 0 Å². The van der Waals surface area contributed by atoms with Crippen LogP contribution in [0.4, 0.5) is 4.39 Å². The molecule has 0 fully saturated rings. The van der Waals surface area contributed by atoms with Gasteiger partial charge in [0.15, 0.2) is 24.7 Å². The summed E-state index contributed by atoms with van der Waals surface area (Å²) in [6, 6.07) is 10.0. The first-order chi connectivity index (χ1) is 13.3. The molecule has 0 N–H and O–H groups in total. The fourth-order valence-corrected chi connectivity index (χ4v) is 3.04. The van der Waals surface area contributed by atoms with E-state index in [9.17, 15) is 14.0 Å². The number of Topliss-reactive ketones (excluding diaryl/α,β-unsaturated/α-hetero) is 1. The van der Waals surface area contributed by atoms with Crippen LogP contribution in [-0.4, -0.2) is 30.0 Å². The van der Waals surface area contributed by atoms with Crippen LogP contribution in [0.3, 0.4) is 0 Å². The second-order valence-corrected chi connectivity index (χ2v) is 6.71. The minimum atomic E-state index is -0.762. The van der Waals surface area contributed by atoms with Gasteiger partial charge in [0.1, 0.15) is 11.3 Å². The lowest BCUT2D eigenvalue weighted by atomic mass is 10.1. The number of ketones is 1. The van der Waals surface area contributed by atoms with Crippen molar-refractivity contribution in [2.75, 3.05) is 13.2 Å². The van der Waals surface area contributed by atoms with Gasteiger partial charge >= 0.3 is 5.97 Å². The molecule has 0 spiro atoms. The van der Waals surface area contributed by atoms with Crippen molar-refractivity contribution in [1.82, 2.24) is 4.98 Å². The van der Waals surface area contributed by atoms with Gasteiger partial charge in [-0.1, -0.05) is 23.2 Å². The zero-order chi connectivity index (χ0) is 20.3. The summed E-state index contributed by atoms with van der Waals surface area (Å²) >= 11 is 12.3. The van der Waals surface area contributed by atoms with Crippen molar-refractivity contribution in [3.8, 4) is 5.75 Å². The molecule has 3 rings (SSSR count). The highest BCUT2D eigenvalue weighted by Crippen LogP contribution is 2.37. The van der Waals surface area contributed by atoms with E-state index in [1.54, 1.807) is 19.1 Å². The number of esters is 1. The molecule has 5 nitrogen and oxygen atoms in total. The lowest BCUT2D eigenvalue weighted by molar-refractivity contribution is -0.144. The zero-order valence-corrected chi connectivity index (χ0v) is 16.2. The molecule has 0 amide bonds. The minimum absolute atomic E-state index is 0.200. The number of benzene rings is 2. The maximum atomic E-state index is 12.9. The monoisotopic (exact) mass is 421 g/mol. The molecule has 0 atom stereocenters. The van der Waals surface area contributed by atoms with Gasteiger partial charge in [-0.15, -0.1) is 0 Å². The summed E-state index contributed by atoms with van der Waals surface area (Å²) in [5.41, 5.74) is 1.39. The second kappa shape index (κ2) is 8.54. The van der Waals surface area contributed by atoms with E-state index in [2.05, 4.69) is 4.98 Å². The van der Waals surface area contributed by atoms with Crippen LogP contribution in [0.25, 0.3) is 10.9 Å². The van der Waals surface area contributed by atoms with Crippen molar-refractivity contribution in [2.24, 2.45) is 0 Å². The summed E-state index contributed by atoms with van der Waals surface area (Å²) < 4.78 is 23.3. The van der Waals surface area contributed by atoms with Gasteiger partial charge in [-0.3, -0.25) is 4.79 Å². The van der Waals surface area contributed by atoms with Gasteiger partial charge in [-0.05, 0) is 49.4 Å². The first-order valence-corrected chi connectivity index (χ1v) is 8.93. The van der Waals surface area contributed by atoms with Gasteiger partial charge in [-0.2, -0.15) is 0 Å². The largest absolute Gasteiger partial charge is 0.478 e. The molecular formula is C20H14Cl2FNO4. The van der Waals surface area contributed by atoms with E-state index in [0.717, 1.165) is 17.8 Å². The first-order valence-electron chi connectivity index (χ1n) is 8.17. The molecular weight excluding hydrogens is 408 g/mol. The molecule has 0 unspecified atom stereocenters. The molecule has 0 radical (unpaired) electrons. The van der Waals surface area contributed by atoms with Crippen molar-refractivity contribution in [2.45, 2.75) is 6.92 Å². The van der Waals surface area contributed by atoms with Crippen LogP contribution in [0.15, 0.2) is 42.5 Å². The summed E-state index contributed by atoms with van der Waals surface area (Å²) in [5.74, 6) is -1.48. The number of fused-ring (bicyclic) bond motifs is 1. The van der Waals surface area contributed by atoms with E-state index in [0.29, 0.717) is 15.9 Å². The molecule has 0 saturated heterocycles. The molecule has 0 bridgehead atoms. The van der Waals surface area contributed by atoms with Gasteiger partial charge in [0, 0.05) is 16.6 Å². The standard InChI is InChI=1S/C20H14Cl2FNO4/c1-11-2-7-14-15(21)8-16(22)20(19(14)24-11)28-10-18(26)27-9-17(25)12-3-5-13(23)6-4-12/h2-8H,9-10H2,1H3. The average Bonchev–Trinajstić information content (AvgIpc) is 2.66. The quantitative estimate of drug-likeness (QED) is 0.422. The van der Waals surface area contributed by atoms with Crippen LogP contribution in [0.2, 0.25) is 10.0 Å². The second-order valence-electron chi connectivity index (χ2n) is 5.90. The Labute approximate surface area is 170 Å². The molecule has 1 heterocycles. The fraction of sp³-hybridized carbons (Fsp3) is 0.150. The molecule has 2 aromatic carbocycles. The number of rotatable bonds is 6. The van der Waals surface area contributed by atoms with E-state index in [-0.39, 0.29) is 16.3 Å². The van der Waals surface area contributed by atoms with Crippen LogP contribution in [0.5, 0.6) is 5.75 Å². The van der Waals surface area contributed by atoms with E-state index in [1.807, 2.05) is 0 Å². The highest BCUT2D eigenvalue weighted by Gasteiger charge is 2.16. The fourth-order valence-electron chi connectivity index (χ4n) is 2.47. The third-order valence-electron chi connectivity index (χ3n) is 3.84. The van der Waals surface area contributed by atoms with Crippen molar-refractivity contribution >= 4 is 45.9 Å². The molecule has 144 valence electrons. The summed E-state index contributed by atoms with van der Waals surface area (Å²) in [4.78, 5) is 28.3. The normalized spacial score (nSPS) is 10.7. The predicted octanol–water partition coefficient (Wildman–Crippen LogP) is 4.79. The number of nitrogens with zero attached hydrogens (tertiary/aromatic N) is 1. The third-order valence-corrected chi connectivity index (χ3v) is 4.44. The third kappa shape index (κ3) is 4.58. The van der Waals surface area contributed by atoms with Gasteiger partial charge in [-0.25, -0.2) is 14.2 Å². The molecule has 0 saturated carbocycles. The van der Waals surface area contributed by atoms with Crippen LogP contribution < -0.4 is 4.74 Å². The van der Waals surface area contributed by atoms with Crippen LogP contribution >= 0.6 is 23.2 Å². The lowest BCUT2D eigenvalue weighted by Crippen LogP contribution is -2.19. The lowest BCUT2D eigenvalue weighted by Gasteiger charge is -2.12. The summed E-state index contributed by atoms with van der Waals surface area (Å²) in [7, 11) is 0. The summed E-state index contributed by atoms with van der Waals surface area (Å²) in [6.07, 6.45) is 0.